The number of hydrogen-bond donors (Lipinski definition) is 4. The zero-order valence-corrected chi connectivity index (χ0v) is 17.8. The molecule has 0 aliphatic carbocycles. The van der Waals surface area contributed by atoms with Gasteiger partial charge in [0.2, 0.25) is 0 Å². The van der Waals surface area contributed by atoms with E-state index in [-0.39, 0.29) is 0 Å². The number of rotatable bonds is 6. The molecule has 5 atom stereocenters. The van der Waals surface area contributed by atoms with Gasteiger partial charge in [0.05, 0.1) is 18.7 Å². The molecule has 1 saturated heterocycles. The van der Waals surface area contributed by atoms with Crippen LogP contribution in [0, 0.1) is 0 Å². The Morgan fingerprint density at radius 1 is 1.03 bits per heavy atom. The van der Waals surface area contributed by atoms with Gasteiger partial charge in [-0.15, -0.1) is 0 Å². The Morgan fingerprint density at radius 2 is 1.77 bits per heavy atom. The third-order valence-corrected chi connectivity index (χ3v) is 5.88. The second-order valence-corrected chi connectivity index (χ2v) is 8.13. The quantitative estimate of drug-likeness (QED) is 0.462. The normalized spacial score (nSPS) is 26.3. The van der Waals surface area contributed by atoms with Gasteiger partial charge < -0.3 is 34.5 Å². The Morgan fingerprint density at radius 3 is 2.45 bits per heavy atom. The van der Waals surface area contributed by atoms with Crippen molar-refractivity contribution in [3.63, 3.8) is 0 Å². The fourth-order valence-corrected chi connectivity index (χ4v) is 4.22. The maximum atomic E-state index is 10.6. The van der Waals surface area contributed by atoms with Crippen molar-refractivity contribution in [2.75, 3.05) is 13.2 Å². The number of hydrogen-bond acceptors (Lipinski definition) is 6. The maximum Gasteiger partial charge on any atom is 0.163 e. The number of aliphatic hydroxyl groups is 4. The van der Waals surface area contributed by atoms with Gasteiger partial charge in [-0.1, -0.05) is 29.8 Å². The highest BCUT2D eigenvalue weighted by atomic mass is 35.5. The molecule has 0 saturated carbocycles. The van der Waals surface area contributed by atoms with Crippen LogP contribution in [-0.4, -0.2) is 62.6 Å². The molecule has 8 heteroatoms. The lowest BCUT2D eigenvalue weighted by Crippen LogP contribution is -2.56. The van der Waals surface area contributed by atoms with Crippen molar-refractivity contribution in [3.05, 3.63) is 64.8 Å². The molecule has 1 fully saturated rings. The van der Waals surface area contributed by atoms with Crippen LogP contribution in [0.2, 0.25) is 5.02 Å². The second kappa shape index (κ2) is 9.16. The summed E-state index contributed by atoms with van der Waals surface area (Å²) in [4.78, 5) is 0. The van der Waals surface area contributed by atoms with Crippen LogP contribution in [0.5, 0.6) is 5.75 Å². The van der Waals surface area contributed by atoms with Crippen LogP contribution in [0.15, 0.2) is 48.7 Å². The number of halogens is 1. The average molecular weight is 448 g/mol. The predicted molar refractivity (Wildman–Crippen MR) is 116 cm³/mol. The van der Waals surface area contributed by atoms with Crippen molar-refractivity contribution in [3.8, 4) is 5.75 Å². The average Bonchev–Trinajstić information content (AvgIpc) is 3.11. The van der Waals surface area contributed by atoms with Gasteiger partial charge in [-0.25, -0.2) is 0 Å². The van der Waals surface area contributed by atoms with Crippen molar-refractivity contribution < 1.29 is 29.9 Å². The molecule has 1 aromatic heterocycles. The first-order valence-electron chi connectivity index (χ1n) is 10.2. The van der Waals surface area contributed by atoms with Crippen LogP contribution in [0.3, 0.4) is 0 Å². The minimum atomic E-state index is -1.46. The van der Waals surface area contributed by atoms with E-state index in [0.29, 0.717) is 18.1 Å². The van der Waals surface area contributed by atoms with Crippen molar-refractivity contribution in [1.82, 2.24) is 4.57 Å². The van der Waals surface area contributed by atoms with E-state index in [4.69, 9.17) is 21.1 Å². The SMILES string of the molecule is CCOc1ccc(Cc2cn([C@@H]3O[C@H](CO)[C@@H](O)[C@H](O)[C@H]3O)c3cc(Cl)ccc23)cc1. The van der Waals surface area contributed by atoms with Crippen molar-refractivity contribution in [1.29, 1.82) is 0 Å². The maximum absolute atomic E-state index is 10.6. The van der Waals surface area contributed by atoms with Gasteiger partial charge in [0.25, 0.3) is 0 Å². The number of fused-ring (bicyclic) bond motifs is 1. The largest absolute Gasteiger partial charge is 0.494 e. The lowest BCUT2D eigenvalue weighted by atomic mass is 9.98. The van der Waals surface area contributed by atoms with Crippen molar-refractivity contribution in [2.24, 2.45) is 0 Å². The smallest absolute Gasteiger partial charge is 0.163 e. The summed E-state index contributed by atoms with van der Waals surface area (Å²) >= 11 is 6.23. The molecule has 31 heavy (non-hydrogen) atoms. The topological polar surface area (TPSA) is 104 Å². The van der Waals surface area contributed by atoms with Gasteiger partial charge in [0.1, 0.15) is 30.2 Å². The van der Waals surface area contributed by atoms with Crippen LogP contribution < -0.4 is 4.74 Å². The van der Waals surface area contributed by atoms with E-state index in [1.165, 1.54) is 0 Å². The first-order valence-corrected chi connectivity index (χ1v) is 10.6. The highest BCUT2D eigenvalue weighted by Crippen LogP contribution is 2.35. The van der Waals surface area contributed by atoms with Gasteiger partial charge in [-0.05, 0) is 48.7 Å². The number of benzene rings is 2. The number of ether oxygens (including phenoxy) is 2. The zero-order valence-electron chi connectivity index (χ0n) is 17.1. The molecule has 3 aromatic rings. The molecule has 2 heterocycles. The van der Waals surface area contributed by atoms with Gasteiger partial charge >= 0.3 is 0 Å². The Balaban J connectivity index is 1.72. The summed E-state index contributed by atoms with van der Waals surface area (Å²) in [6, 6.07) is 13.3. The molecule has 1 aliphatic heterocycles. The molecule has 166 valence electrons. The van der Waals surface area contributed by atoms with Crippen LogP contribution in [-0.2, 0) is 11.2 Å². The lowest BCUT2D eigenvalue weighted by molar-refractivity contribution is -0.250. The molecule has 0 amide bonds. The number of nitrogens with zero attached hydrogens (tertiary/aromatic N) is 1. The van der Waals surface area contributed by atoms with Gasteiger partial charge in [-0.2, -0.15) is 0 Å². The molecule has 0 spiro atoms. The van der Waals surface area contributed by atoms with E-state index < -0.39 is 37.3 Å². The number of aromatic nitrogens is 1. The second-order valence-electron chi connectivity index (χ2n) is 7.70. The van der Waals surface area contributed by atoms with Crippen LogP contribution >= 0.6 is 11.6 Å². The molecule has 4 N–H and O–H groups in total. The first kappa shape index (κ1) is 22.1. The molecule has 0 unspecified atom stereocenters. The van der Waals surface area contributed by atoms with E-state index in [2.05, 4.69) is 0 Å². The molecule has 0 radical (unpaired) electrons. The summed E-state index contributed by atoms with van der Waals surface area (Å²) in [6.45, 7) is 2.06. The summed E-state index contributed by atoms with van der Waals surface area (Å²) in [5, 5.41) is 41.9. The molecule has 0 bridgehead atoms. The predicted octanol–water partition coefficient (Wildman–Crippen LogP) is 2.26. The Bertz CT molecular complexity index is 1030. The summed E-state index contributed by atoms with van der Waals surface area (Å²) in [5.41, 5.74) is 2.77. The molecular weight excluding hydrogens is 422 g/mol. The van der Waals surface area contributed by atoms with Crippen molar-refractivity contribution in [2.45, 2.75) is 44.0 Å². The summed E-state index contributed by atoms with van der Waals surface area (Å²) < 4.78 is 13.0. The van der Waals surface area contributed by atoms with Crippen LogP contribution in [0.1, 0.15) is 24.3 Å². The standard InChI is InChI=1S/C23H26ClNO6/c1-2-30-16-6-3-13(4-7-16)9-14-11-25(18-10-15(24)5-8-17(14)18)23-22(29)21(28)20(27)19(12-26)31-23/h3-8,10-11,19-23,26-29H,2,9,12H2,1H3/t19-,20-,21+,22-,23-/m1/s1. The fraction of sp³-hybridized carbons (Fsp3) is 0.391. The van der Waals surface area contributed by atoms with E-state index in [0.717, 1.165) is 27.8 Å². The van der Waals surface area contributed by atoms with Gasteiger partial charge in [-0.3, -0.25) is 0 Å². The van der Waals surface area contributed by atoms with Crippen LogP contribution in [0.25, 0.3) is 10.9 Å². The third-order valence-electron chi connectivity index (χ3n) is 5.65. The Labute approximate surface area is 185 Å². The molecule has 2 aromatic carbocycles. The monoisotopic (exact) mass is 447 g/mol. The molecule has 4 rings (SSSR count). The Hall–Kier alpha value is -2.13. The number of aliphatic hydroxyl groups excluding tert-OH is 4. The lowest BCUT2D eigenvalue weighted by Gasteiger charge is -2.40. The fourth-order valence-electron chi connectivity index (χ4n) is 4.05. The van der Waals surface area contributed by atoms with Gasteiger partial charge in [0.15, 0.2) is 6.23 Å². The van der Waals surface area contributed by atoms with E-state index in [9.17, 15) is 20.4 Å². The molecule has 7 nitrogen and oxygen atoms in total. The van der Waals surface area contributed by atoms with Crippen LogP contribution in [0.4, 0.5) is 0 Å². The first-order chi connectivity index (χ1) is 14.9. The highest BCUT2D eigenvalue weighted by Gasteiger charge is 2.44. The summed E-state index contributed by atoms with van der Waals surface area (Å²) in [7, 11) is 0. The van der Waals surface area contributed by atoms with E-state index in [1.807, 2.05) is 43.5 Å². The summed E-state index contributed by atoms with van der Waals surface area (Å²) in [6.07, 6.45) is -3.77. The van der Waals surface area contributed by atoms with E-state index >= 15 is 0 Å². The Kier molecular flexibility index (Phi) is 6.52. The summed E-state index contributed by atoms with van der Waals surface area (Å²) in [5.74, 6) is 0.807. The zero-order chi connectivity index (χ0) is 22.1. The van der Waals surface area contributed by atoms with Gasteiger partial charge in [0, 0.05) is 16.6 Å². The van der Waals surface area contributed by atoms with Crippen molar-refractivity contribution >= 4 is 22.5 Å². The molecular formula is C23H26ClNO6. The minimum Gasteiger partial charge on any atom is -0.494 e. The minimum absolute atomic E-state index is 0.486. The highest BCUT2D eigenvalue weighted by molar-refractivity contribution is 6.31. The third kappa shape index (κ3) is 4.30. The molecule has 1 aliphatic rings. The van der Waals surface area contributed by atoms with E-state index in [1.54, 1.807) is 16.7 Å².